The van der Waals surface area contributed by atoms with Crippen LogP contribution in [0.5, 0.6) is 0 Å². The molecule has 1 atom stereocenters. The van der Waals surface area contributed by atoms with Gasteiger partial charge >= 0.3 is 6.03 Å². The van der Waals surface area contributed by atoms with Crippen molar-refractivity contribution in [2.45, 2.75) is 33.1 Å². The van der Waals surface area contributed by atoms with Gasteiger partial charge in [0.2, 0.25) is 0 Å². The standard InChI is InChI=1S/C20H23N5O/c1-4-13(2)19-16-6-5-15(11-17(16)22-23-19)24-9-10-25(20(24)26)18-12-21-8-7-14(18)3/h5-8,11-13H,4,9-10H2,1-3H3,(H,22,23). The molecular weight excluding hydrogens is 326 g/mol. The number of H-pyrrole nitrogens is 1. The lowest BCUT2D eigenvalue weighted by Crippen LogP contribution is -2.32. The Morgan fingerprint density at radius 3 is 2.81 bits per heavy atom. The zero-order chi connectivity index (χ0) is 18.3. The van der Waals surface area contributed by atoms with Crippen molar-refractivity contribution in [2.75, 3.05) is 22.9 Å². The Hall–Kier alpha value is -2.89. The molecule has 1 N–H and O–H groups in total. The topological polar surface area (TPSA) is 65.1 Å². The largest absolute Gasteiger partial charge is 0.329 e. The molecule has 2 aromatic heterocycles. The van der Waals surface area contributed by atoms with Gasteiger partial charge in [0, 0.05) is 36.1 Å². The fraction of sp³-hybridized carbons (Fsp3) is 0.350. The van der Waals surface area contributed by atoms with Crippen LogP contribution >= 0.6 is 0 Å². The van der Waals surface area contributed by atoms with Crippen molar-refractivity contribution in [3.05, 3.63) is 47.9 Å². The van der Waals surface area contributed by atoms with Crippen LogP contribution in [0.3, 0.4) is 0 Å². The molecule has 1 aliphatic rings. The Balaban J connectivity index is 1.64. The zero-order valence-corrected chi connectivity index (χ0v) is 15.4. The van der Waals surface area contributed by atoms with Gasteiger partial charge in [-0.05, 0) is 49.1 Å². The van der Waals surface area contributed by atoms with Crippen molar-refractivity contribution in [3.8, 4) is 0 Å². The summed E-state index contributed by atoms with van der Waals surface area (Å²) in [5.41, 5.74) is 4.88. The van der Waals surface area contributed by atoms with E-state index >= 15 is 0 Å². The number of pyridine rings is 1. The highest BCUT2D eigenvalue weighted by molar-refractivity contribution is 6.07. The van der Waals surface area contributed by atoms with Crippen molar-refractivity contribution in [2.24, 2.45) is 0 Å². The molecule has 0 spiro atoms. The van der Waals surface area contributed by atoms with Crippen molar-refractivity contribution < 1.29 is 4.79 Å². The number of aromatic amines is 1. The van der Waals surface area contributed by atoms with E-state index in [1.165, 1.54) is 0 Å². The Bertz CT molecular complexity index is 964. The van der Waals surface area contributed by atoms with Crippen LogP contribution in [0.1, 0.15) is 37.4 Å². The van der Waals surface area contributed by atoms with E-state index in [1.807, 2.05) is 30.0 Å². The molecule has 6 heteroatoms. The van der Waals surface area contributed by atoms with Crippen LogP contribution in [0.25, 0.3) is 10.9 Å². The Morgan fingerprint density at radius 2 is 2.04 bits per heavy atom. The van der Waals surface area contributed by atoms with Crippen LogP contribution in [0.15, 0.2) is 36.7 Å². The zero-order valence-electron chi connectivity index (χ0n) is 15.4. The summed E-state index contributed by atoms with van der Waals surface area (Å²) >= 11 is 0. The van der Waals surface area contributed by atoms with Crippen molar-refractivity contribution in [3.63, 3.8) is 0 Å². The first-order chi connectivity index (χ1) is 12.6. The van der Waals surface area contributed by atoms with E-state index in [2.05, 4.69) is 35.1 Å². The van der Waals surface area contributed by atoms with Gasteiger partial charge in [0.25, 0.3) is 0 Å². The summed E-state index contributed by atoms with van der Waals surface area (Å²) < 4.78 is 0. The molecule has 2 amide bonds. The SMILES string of the molecule is CCC(C)c1[nH]nc2cc(N3CCN(c4cnccc4C)C3=O)ccc12. The van der Waals surface area contributed by atoms with E-state index in [9.17, 15) is 4.79 Å². The normalized spacial score (nSPS) is 15.9. The van der Waals surface area contributed by atoms with Gasteiger partial charge in [0.05, 0.1) is 17.4 Å². The summed E-state index contributed by atoms with van der Waals surface area (Å²) in [6, 6.07) is 7.99. The lowest BCUT2D eigenvalue weighted by Gasteiger charge is -2.20. The second-order valence-corrected chi connectivity index (χ2v) is 6.90. The number of aromatic nitrogens is 3. The van der Waals surface area contributed by atoms with Crippen LogP contribution in [-0.2, 0) is 0 Å². The molecule has 0 bridgehead atoms. The van der Waals surface area contributed by atoms with E-state index < -0.39 is 0 Å². The van der Waals surface area contributed by atoms with Crippen LogP contribution in [0.4, 0.5) is 16.2 Å². The number of carbonyl (C=O) groups excluding carboxylic acids is 1. The number of amides is 2. The number of hydrogen-bond acceptors (Lipinski definition) is 3. The molecule has 1 aromatic carbocycles. The third kappa shape index (κ3) is 2.62. The molecule has 1 fully saturated rings. The monoisotopic (exact) mass is 349 g/mol. The summed E-state index contributed by atoms with van der Waals surface area (Å²) in [4.78, 5) is 20.7. The molecule has 6 nitrogen and oxygen atoms in total. The Labute approximate surface area is 152 Å². The van der Waals surface area contributed by atoms with Gasteiger partial charge in [0.15, 0.2) is 0 Å². The van der Waals surface area contributed by atoms with Gasteiger partial charge in [0.1, 0.15) is 0 Å². The minimum atomic E-state index is -0.0156. The lowest BCUT2D eigenvalue weighted by atomic mass is 10.0. The van der Waals surface area contributed by atoms with Crippen molar-refractivity contribution in [1.82, 2.24) is 15.2 Å². The van der Waals surface area contributed by atoms with Gasteiger partial charge < -0.3 is 0 Å². The average molecular weight is 349 g/mol. The third-order valence-electron chi connectivity index (χ3n) is 5.30. The highest BCUT2D eigenvalue weighted by Crippen LogP contribution is 2.31. The third-order valence-corrected chi connectivity index (χ3v) is 5.30. The molecule has 3 aromatic rings. The molecule has 0 radical (unpaired) electrons. The molecule has 4 rings (SSSR count). The van der Waals surface area contributed by atoms with E-state index in [0.717, 1.165) is 40.0 Å². The minimum Gasteiger partial charge on any atom is -0.292 e. The van der Waals surface area contributed by atoms with Crippen LogP contribution in [0.2, 0.25) is 0 Å². The first-order valence-corrected chi connectivity index (χ1v) is 9.07. The molecule has 0 saturated carbocycles. The molecule has 26 heavy (non-hydrogen) atoms. The summed E-state index contributed by atoms with van der Waals surface area (Å²) in [6.07, 6.45) is 4.56. The first-order valence-electron chi connectivity index (χ1n) is 9.07. The van der Waals surface area contributed by atoms with E-state index in [1.54, 1.807) is 17.3 Å². The summed E-state index contributed by atoms with van der Waals surface area (Å²) in [5.74, 6) is 0.434. The smallest absolute Gasteiger partial charge is 0.292 e. The summed E-state index contributed by atoms with van der Waals surface area (Å²) in [5, 5.41) is 8.75. The Morgan fingerprint density at radius 1 is 1.23 bits per heavy atom. The van der Waals surface area contributed by atoms with Crippen molar-refractivity contribution in [1.29, 1.82) is 0 Å². The van der Waals surface area contributed by atoms with E-state index in [-0.39, 0.29) is 6.03 Å². The molecule has 1 aliphatic heterocycles. The maximum atomic E-state index is 13.0. The van der Waals surface area contributed by atoms with E-state index in [0.29, 0.717) is 19.0 Å². The molecular formula is C20H23N5O. The molecule has 134 valence electrons. The van der Waals surface area contributed by atoms with Gasteiger partial charge in [-0.1, -0.05) is 13.8 Å². The highest BCUT2D eigenvalue weighted by Gasteiger charge is 2.31. The predicted molar refractivity (Wildman–Crippen MR) is 104 cm³/mol. The second-order valence-electron chi connectivity index (χ2n) is 6.90. The number of nitrogens with one attached hydrogen (secondary N) is 1. The van der Waals surface area contributed by atoms with Crippen LogP contribution < -0.4 is 9.80 Å². The Kier molecular flexibility index (Phi) is 4.11. The number of urea groups is 1. The minimum absolute atomic E-state index is 0.0156. The summed E-state index contributed by atoms with van der Waals surface area (Å²) in [7, 11) is 0. The maximum Gasteiger partial charge on any atom is 0.329 e. The average Bonchev–Trinajstić information content (AvgIpc) is 3.24. The number of fused-ring (bicyclic) bond motifs is 1. The predicted octanol–water partition coefficient (Wildman–Crippen LogP) is 4.23. The highest BCUT2D eigenvalue weighted by atomic mass is 16.2. The van der Waals surface area contributed by atoms with Crippen LogP contribution in [-0.4, -0.2) is 34.3 Å². The number of carbonyl (C=O) groups is 1. The van der Waals surface area contributed by atoms with Crippen LogP contribution in [0, 0.1) is 6.92 Å². The number of rotatable bonds is 4. The number of anilines is 2. The van der Waals surface area contributed by atoms with E-state index in [4.69, 9.17) is 0 Å². The van der Waals surface area contributed by atoms with Gasteiger partial charge in [-0.25, -0.2) is 4.79 Å². The molecule has 1 saturated heterocycles. The van der Waals surface area contributed by atoms with Gasteiger partial charge in [-0.15, -0.1) is 0 Å². The fourth-order valence-electron chi connectivity index (χ4n) is 3.51. The number of nitrogens with zero attached hydrogens (tertiary/aromatic N) is 4. The number of aryl methyl sites for hydroxylation is 1. The quantitative estimate of drug-likeness (QED) is 0.767. The molecule has 1 unspecified atom stereocenters. The van der Waals surface area contributed by atoms with Gasteiger partial charge in [-0.2, -0.15) is 5.10 Å². The second kappa shape index (κ2) is 6.44. The molecule has 3 heterocycles. The maximum absolute atomic E-state index is 13.0. The molecule has 0 aliphatic carbocycles. The fourth-order valence-corrected chi connectivity index (χ4v) is 3.51. The first kappa shape index (κ1) is 16.6. The number of hydrogen-bond donors (Lipinski definition) is 1. The number of benzene rings is 1. The summed E-state index contributed by atoms with van der Waals surface area (Å²) in [6.45, 7) is 7.67. The lowest BCUT2D eigenvalue weighted by molar-refractivity contribution is 0.256. The van der Waals surface area contributed by atoms with Gasteiger partial charge in [-0.3, -0.25) is 19.9 Å². The van der Waals surface area contributed by atoms with Crippen molar-refractivity contribution >= 4 is 28.3 Å².